The van der Waals surface area contributed by atoms with Gasteiger partial charge in [0, 0.05) is 29.8 Å². The van der Waals surface area contributed by atoms with Crippen LogP contribution in [0, 0.1) is 5.82 Å². The molecule has 1 fully saturated rings. The van der Waals surface area contributed by atoms with Gasteiger partial charge in [-0.05, 0) is 50.2 Å². The van der Waals surface area contributed by atoms with E-state index >= 15 is 0 Å². The largest absolute Gasteiger partial charge is 0.490 e. The molecule has 170 valence electrons. The predicted molar refractivity (Wildman–Crippen MR) is 128 cm³/mol. The molecular weight excluding hydrogens is 466 g/mol. The number of benzene rings is 2. The summed E-state index contributed by atoms with van der Waals surface area (Å²) in [5.41, 5.74) is 2.66. The minimum atomic E-state index is -0.644. The van der Waals surface area contributed by atoms with Crippen molar-refractivity contribution < 1.29 is 9.13 Å². The Bertz CT molecular complexity index is 1320. The Hall–Kier alpha value is -2.94. The van der Waals surface area contributed by atoms with E-state index in [0.29, 0.717) is 22.5 Å². The standard InChI is InChI=1S/C23H21Cl2FN6O/c1-32-11-13(10-30-32)15-8-19-16(9-20(15)33-14-4-6-27-7-5-14)23(29-12-28-19)31-18-3-2-17(24)21(25)22(18)26/h2-3,8-12,14,27H,4-7H2,1H3,(H,28,29,31). The topological polar surface area (TPSA) is 76.9 Å². The molecule has 10 heteroatoms. The summed E-state index contributed by atoms with van der Waals surface area (Å²) < 4.78 is 22.9. The fraction of sp³-hybridized carbons (Fsp3) is 0.261. The molecule has 1 aliphatic heterocycles. The minimum Gasteiger partial charge on any atom is -0.490 e. The number of halogens is 3. The van der Waals surface area contributed by atoms with Crippen LogP contribution in [0.5, 0.6) is 5.75 Å². The second-order valence-electron chi connectivity index (χ2n) is 7.91. The number of piperidine rings is 1. The lowest BCUT2D eigenvalue weighted by molar-refractivity contribution is 0.163. The summed E-state index contributed by atoms with van der Waals surface area (Å²) in [6.45, 7) is 1.82. The van der Waals surface area contributed by atoms with Gasteiger partial charge in [0.25, 0.3) is 0 Å². The van der Waals surface area contributed by atoms with Crippen molar-refractivity contribution in [1.82, 2.24) is 25.1 Å². The van der Waals surface area contributed by atoms with Gasteiger partial charge in [-0.2, -0.15) is 5.10 Å². The number of ether oxygens (including phenoxy) is 1. The van der Waals surface area contributed by atoms with Crippen molar-refractivity contribution in [2.75, 3.05) is 18.4 Å². The molecule has 0 bridgehead atoms. The highest BCUT2D eigenvalue weighted by Gasteiger charge is 2.20. The highest BCUT2D eigenvalue weighted by molar-refractivity contribution is 6.42. The zero-order valence-electron chi connectivity index (χ0n) is 17.8. The maximum Gasteiger partial charge on any atom is 0.166 e. The van der Waals surface area contributed by atoms with Crippen LogP contribution in [0.2, 0.25) is 10.0 Å². The van der Waals surface area contributed by atoms with E-state index in [0.717, 1.165) is 37.1 Å². The number of nitrogens with zero attached hydrogens (tertiary/aromatic N) is 4. The van der Waals surface area contributed by atoms with E-state index in [1.54, 1.807) is 10.9 Å². The van der Waals surface area contributed by atoms with Crippen LogP contribution in [0.4, 0.5) is 15.9 Å². The van der Waals surface area contributed by atoms with Crippen molar-refractivity contribution in [1.29, 1.82) is 0 Å². The van der Waals surface area contributed by atoms with Gasteiger partial charge in [-0.1, -0.05) is 23.2 Å². The summed E-state index contributed by atoms with van der Waals surface area (Å²) in [7, 11) is 1.87. The van der Waals surface area contributed by atoms with Gasteiger partial charge >= 0.3 is 0 Å². The van der Waals surface area contributed by atoms with Crippen LogP contribution in [0.25, 0.3) is 22.0 Å². The second-order valence-corrected chi connectivity index (χ2v) is 8.69. The summed E-state index contributed by atoms with van der Waals surface area (Å²) in [6, 6.07) is 6.90. The van der Waals surface area contributed by atoms with Crippen molar-refractivity contribution in [3.05, 3.63) is 58.8 Å². The van der Waals surface area contributed by atoms with Gasteiger partial charge in [-0.25, -0.2) is 14.4 Å². The van der Waals surface area contributed by atoms with E-state index in [9.17, 15) is 4.39 Å². The number of fused-ring (bicyclic) bond motifs is 1. The number of hydrogen-bond acceptors (Lipinski definition) is 6. The fourth-order valence-electron chi connectivity index (χ4n) is 3.91. The van der Waals surface area contributed by atoms with E-state index < -0.39 is 5.82 Å². The molecule has 2 aromatic carbocycles. The molecule has 0 radical (unpaired) electrons. The van der Waals surface area contributed by atoms with E-state index in [2.05, 4.69) is 25.7 Å². The molecule has 0 saturated carbocycles. The SMILES string of the molecule is Cn1cc(-c2cc3ncnc(Nc4ccc(Cl)c(Cl)c4F)c3cc2OC2CCNCC2)cn1. The first-order valence-electron chi connectivity index (χ1n) is 10.6. The Kier molecular flexibility index (Phi) is 6.05. The Morgan fingerprint density at radius 1 is 1.18 bits per heavy atom. The Balaban J connectivity index is 1.60. The van der Waals surface area contributed by atoms with Crippen LogP contribution in [0.3, 0.4) is 0 Å². The quantitative estimate of drug-likeness (QED) is 0.370. The Morgan fingerprint density at radius 3 is 2.76 bits per heavy atom. The molecular formula is C23H21Cl2FN6O. The molecule has 2 aromatic heterocycles. The van der Waals surface area contributed by atoms with Crippen LogP contribution < -0.4 is 15.4 Å². The van der Waals surface area contributed by atoms with Gasteiger partial charge in [-0.3, -0.25) is 4.68 Å². The number of nitrogens with one attached hydrogen (secondary N) is 2. The van der Waals surface area contributed by atoms with Crippen molar-refractivity contribution in [3.63, 3.8) is 0 Å². The molecule has 0 unspecified atom stereocenters. The number of anilines is 2. The van der Waals surface area contributed by atoms with Gasteiger partial charge in [0.15, 0.2) is 5.82 Å². The second kappa shape index (κ2) is 9.13. The van der Waals surface area contributed by atoms with Crippen LogP contribution in [0.15, 0.2) is 43.0 Å². The van der Waals surface area contributed by atoms with Gasteiger partial charge in [0.05, 0.1) is 27.4 Å². The van der Waals surface area contributed by atoms with Gasteiger partial charge < -0.3 is 15.4 Å². The molecule has 2 N–H and O–H groups in total. The average molecular weight is 487 g/mol. The lowest BCUT2D eigenvalue weighted by Gasteiger charge is -2.25. The molecule has 0 spiro atoms. The summed E-state index contributed by atoms with van der Waals surface area (Å²) in [6.07, 6.45) is 7.07. The summed E-state index contributed by atoms with van der Waals surface area (Å²) in [5.74, 6) is 0.495. The first kappa shape index (κ1) is 21.9. The third-order valence-electron chi connectivity index (χ3n) is 5.62. The van der Waals surface area contributed by atoms with Crippen molar-refractivity contribution in [3.8, 4) is 16.9 Å². The van der Waals surface area contributed by atoms with Crippen LogP contribution in [0.1, 0.15) is 12.8 Å². The third kappa shape index (κ3) is 4.46. The van der Waals surface area contributed by atoms with Crippen LogP contribution in [-0.2, 0) is 7.05 Å². The first-order chi connectivity index (χ1) is 16.0. The van der Waals surface area contributed by atoms with Gasteiger partial charge in [0.2, 0.25) is 0 Å². The Morgan fingerprint density at radius 2 is 2.00 bits per heavy atom. The molecule has 33 heavy (non-hydrogen) atoms. The lowest BCUT2D eigenvalue weighted by Crippen LogP contribution is -2.34. The number of hydrogen-bond donors (Lipinski definition) is 2. The summed E-state index contributed by atoms with van der Waals surface area (Å²) in [4.78, 5) is 8.78. The summed E-state index contributed by atoms with van der Waals surface area (Å²) in [5, 5.41) is 11.4. The average Bonchev–Trinajstić information content (AvgIpc) is 3.26. The maximum absolute atomic E-state index is 14.7. The number of rotatable bonds is 5. The predicted octanol–water partition coefficient (Wildman–Crippen LogP) is 5.35. The third-order valence-corrected chi connectivity index (χ3v) is 6.40. The van der Waals surface area contributed by atoms with Crippen LogP contribution in [-0.4, -0.2) is 38.9 Å². The van der Waals surface area contributed by atoms with Crippen molar-refractivity contribution >= 4 is 45.6 Å². The highest BCUT2D eigenvalue weighted by Crippen LogP contribution is 2.38. The molecule has 3 heterocycles. The molecule has 4 aromatic rings. The number of aryl methyl sites for hydroxylation is 1. The van der Waals surface area contributed by atoms with E-state index in [1.807, 2.05) is 25.4 Å². The molecule has 1 aliphatic rings. The molecule has 0 aliphatic carbocycles. The summed E-state index contributed by atoms with van der Waals surface area (Å²) >= 11 is 11.9. The smallest absolute Gasteiger partial charge is 0.166 e. The lowest BCUT2D eigenvalue weighted by atomic mass is 10.0. The first-order valence-corrected chi connectivity index (χ1v) is 11.3. The monoisotopic (exact) mass is 486 g/mol. The van der Waals surface area contributed by atoms with Gasteiger partial charge in [-0.15, -0.1) is 0 Å². The molecule has 1 saturated heterocycles. The van der Waals surface area contributed by atoms with E-state index in [4.69, 9.17) is 27.9 Å². The van der Waals surface area contributed by atoms with E-state index in [-0.39, 0.29) is 21.8 Å². The fourth-order valence-corrected chi connectivity index (χ4v) is 4.22. The molecule has 0 amide bonds. The minimum absolute atomic E-state index is 0.0904. The highest BCUT2D eigenvalue weighted by atomic mass is 35.5. The normalized spacial score (nSPS) is 14.5. The van der Waals surface area contributed by atoms with Crippen molar-refractivity contribution in [2.45, 2.75) is 18.9 Å². The molecule has 0 atom stereocenters. The Labute approximate surface area is 199 Å². The van der Waals surface area contributed by atoms with Gasteiger partial charge in [0.1, 0.15) is 24.0 Å². The maximum atomic E-state index is 14.7. The van der Waals surface area contributed by atoms with E-state index in [1.165, 1.54) is 18.5 Å². The zero-order chi connectivity index (χ0) is 22.9. The molecule has 5 rings (SSSR count). The zero-order valence-corrected chi connectivity index (χ0v) is 19.3. The number of aromatic nitrogens is 4. The van der Waals surface area contributed by atoms with Crippen molar-refractivity contribution in [2.24, 2.45) is 7.05 Å². The van der Waals surface area contributed by atoms with Crippen LogP contribution >= 0.6 is 23.2 Å². The molecule has 7 nitrogen and oxygen atoms in total.